The van der Waals surface area contributed by atoms with Gasteiger partial charge in [0.1, 0.15) is 11.8 Å². The summed E-state index contributed by atoms with van der Waals surface area (Å²) < 4.78 is 41.5. The summed E-state index contributed by atoms with van der Waals surface area (Å²) in [4.78, 5) is 24.4. The number of hydrogen-bond acceptors (Lipinski definition) is 4. The van der Waals surface area contributed by atoms with Crippen LogP contribution in [-0.4, -0.2) is 31.1 Å². The Morgan fingerprint density at radius 2 is 1.61 bits per heavy atom. The highest BCUT2D eigenvalue weighted by Gasteiger charge is 2.28. The normalized spacial score (nSPS) is 10.7. The maximum Gasteiger partial charge on any atom is 0.422 e. The molecule has 0 saturated carbocycles. The van der Waals surface area contributed by atoms with Crippen molar-refractivity contribution in [3.63, 3.8) is 0 Å². The van der Waals surface area contributed by atoms with Gasteiger partial charge in [-0.15, -0.1) is 0 Å². The van der Waals surface area contributed by atoms with E-state index in [1.807, 2.05) is 30.3 Å². The predicted octanol–water partition coefficient (Wildman–Crippen LogP) is 4.53. The summed E-state index contributed by atoms with van der Waals surface area (Å²) in [5, 5.41) is 14.1. The molecule has 0 aliphatic rings. The fourth-order valence-corrected chi connectivity index (χ4v) is 2.89. The van der Waals surface area contributed by atoms with Crippen LogP contribution >= 0.6 is 0 Å². The molecule has 0 unspecified atom stereocenters. The number of carbonyl (C=O) groups excluding carboxylic acids is 2. The molecule has 3 rings (SSSR count). The Labute approximate surface area is 187 Å². The average molecular weight is 453 g/mol. The van der Waals surface area contributed by atoms with Gasteiger partial charge in [-0.2, -0.15) is 18.4 Å². The quantitative estimate of drug-likeness (QED) is 0.550. The van der Waals surface area contributed by atoms with Crippen molar-refractivity contribution in [3.05, 3.63) is 83.9 Å². The van der Waals surface area contributed by atoms with Gasteiger partial charge in [0, 0.05) is 11.3 Å². The third-order valence-electron chi connectivity index (χ3n) is 4.44. The Balaban J connectivity index is 1.54. The average Bonchev–Trinajstić information content (AvgIpc) is 2.81. The molecule has 0 fully saturated rings. The Morgan fingerprint density at radius 3 is 2.24 bits per heavy atom. The van der Waals surface area contributed by atoms with Crippen molar-refractivity contribution in [2.75, 3.05) is 18.5 Å². The molecule has 6 nitrogen and oxygen atoms in total. The second-order valence-electron chi connectivity index (χ2n) is 6.90. The van der Waals surface area contributed by atoms with E-state index in [1.165, 1.54) is 12.1 Å². The van der Waals surface area contributed by atoms with E-state index in [9.17, 15) is 22.8 Å². The minimum Gasteiger partial charge on any atom is -0.483 e. The number of benzene rings is 3. The number of ether oxygens (including phenoxy) is 1. The maximum atomic E-state index is 12.3. The van der Waals surface area contributed by atoms with Crippen molar-refractivity contribution < 1.29 is 27.5 Å². The number of nitriles is 1. The van der Waals surface area contributed by atoms with E-state index in [2.05, 4.69) is 15.4 Å². The third-order valence-corrected chi connectivity index (χ3v) is 4.44. The van der Waals surface area contributed by atoms with Crippen LogP contribution in [0.4, 0.5) is 18.9 Å². The van der Waals surface area contributed by atoms with Gasteiger partial charge in [0.2, 0.25) is 5.91 Å². The molecule has 33 heavy (non-hydrogen) atoms. The zero-order valence-corrected chi connectivity index (χ0v) is 17.1. The Bertz CT molecular complexity index is 1170. The lowest BCUT2D eigenvalue weighted by molar-refractivity contribution is -0.153. The lowest BCUT2D eigenvalue weighted by Gasteiger charge is -2.12. The summed E-state index contributed by atoms with van der Waals surface area (Å²) in [7, 11) is 0. The molecule has 0 aromatic heterocycles. The van der Waals surface area contributed by atoms with Crippen LogP contribution in [0.3, 0.4) is 0 Å². The van der Waals surface area contributed by atoms with E-state index >= 15 is 0 Å². The molecule has 168 valence electrons. The monoisotopic (exact) mass is 453 g/mol. The molecule has 9 heteroatoms. The number of rotatable bonds is 7. The van der Waals surface area contributed by atoms with Crippen LogP contribution in [0.25, 0.3) is 11.1 Å². The van der Waals surface area contributed by atoms with Crippen molar-refractivity contribution in [1.82, 2.24) is 5.32 Å². The van der Waals surface area contributed by atoms with Gasteiger partial charge in [-0.3, -0.25) is 9.59 Å². The molecule has 0 aliphatic heterocycles. The molecule has 3 aromatic rings. The number of anilines is 1. The highest BCUT2D eigenvalue weighted by molar-refractivity contribution is 5.99. The van der Waals surface area contributed by atoms with Crippen LogP contribution < -0.4 is 15.4 Å². The fraction of sp³-hybridized carbons (Fsp3) is 0.125. The number of amides is 2. The number of carbonyl (C=O) groups is 2. The van der Waals surface area contributed by atoms with Crippen LogP contribution in [0.5, 0.6) is 5.75 Å². The number of halogens is 3. The van der Waals surface area contributed by atoms with Gasteiger partial charge in [0.25, 0.3) is 5.91 Å². The molecule has 3 aromatic carbocycles. The van der Waals surface area contributed by atoms with Crippen molar-refractivity contribution in [3.8, 4) is 22.9 Å². The molecule has 0 radical (unpaired) electrons. The van der Waals surface area contributed by atoms with E-state index < -0.39 is 24.6 Å². The largest absolute Gasteiger partial charge is 0.483 e. The molecular formula is C24H18F3N3O3. The molecule has 0 aliphatic carbocycles. The third kappa shape index (κ3) is 6.83. The van der Waals surface area contributed by atoms with E-state index in [4.69, 9.17) is 5.26 Å². The fourth-order valence-electron chi connectivity index (χ4n) is 2.89. The second-order valence-corrected chi connectivity index (χ2v) is 6.90. The Kier molecular flexibility index (Phi) is 7.31. The van der Waals surface area contributed by atoms with Gasteiger partial charge in [-0.25, -0.2) is 0 Å². The van der Waals surface area contributed by atoms with E-state index in [1.54, 1.807) is 30.3 Å². The maximum absolute atomic E-state index is 12.3. The highest BCUT2D eigenvalue weighted by Crippen LogP contribution is 2.25. The van der Waals surface area contributed by atoms with Crippen molar-refractivity contribution in [1.29, 1.82) is 5.26 Å². The van der Waals surface area contributed by atoms with Crippen LogP contribution in [-0.2, 0) is 4.79 Å². The molecule has 2 amide bonds. The van der Waals surface area contributed by atoms with E-state index in [0.29, 0.717) is 5.56 Å². The molecular weight excluding hydrogens is 435 g/mol. The van der Waals surface area contributed by atoms with Gasteiger partial charge in [0.05, 0.1) is 12.1 Å². The SMILES string of the molecule is N#Cc1cc(NC(=O)CNC(=O)c2ccc(-c3ccccc3)cc2)ccc1OCC(F)(F)F. The molecule has 0 bridgehead atoms. The standard InChI is InChI=1S/C24H18F3N3O3/c25-24(26,27)15-33-21-11-10-20(12-19(21)13-28)30-22(31)14-29-23(32)18-8-6-17(7-9-18)16-4-2-1-3-5-16/h1-12H,14-15H2,(H,29,32)(H,30,31). The number of alkyl halides is 3. The molecule has 0 spiro atoms. The van der Waals surface area contributed by atoms with Crippen LogP contribution in [0, 0.1) is 11.3 Å². The number of nitrogens with one attached hydrogen (secondary N) is 2. The highest BCUT2D eigenvalue weighted by atomic mass is 19.4. The first-order valence-corrected chi connectivity index (χ1v) is 9.72. The van der Waals surface area contributed by atoms with Gasteiger partial charge >= 0.3 is 6.18 Å². The Morgan fingerprint density at radius 1 is 0.939 bits per heavy atom. The van der Waals surface area contributed by atoms with Crippen molar-refractivity contribution >= 4 is 17.5 Å². The molecule has 0 atom stereocenters. The first kappa shape index (κ1) is 23.3. The zero-order valence-electron chi connectivity index (χ0n) is 17.1. The topological polar surface area (TPSA) is 91.2 Å². The van der Waals surface area contributed by atoms with Crippen LogP contribution in [0.2, 0.25) is 0 Å². The number of hydrogen-bond donors (Lipinski definition) is 2. The van der Waals surface area contributed by atoms with Gasteiger partial charge in [0.15, 0.2) is 6.61 Å². The molecule has 0 heterocycles. The van der Waals surface area contributed by atoms with Gasteiger partial charge in [-0.05, 0) is 41.5 Å². The van der Waals surface area contributed by atoms with Crippen molar-refractivity contribution in [2.24, 2.45) is 0 Å². The second kappa shape index (κ2) is 10.3. The lowest BCUT2D eigenvalue weighted by atomic mass is 10.0. The number of nitrogens with zero attached hydrogens (tertiary/aromatic N) is 1. The first-order valence-electron chi connectivity index (χ1n) is 9.72. The summed E-state index contributed by atoms with van der Waals surface area (Å²) in [5.74, 6) is -1.27. The lowest BCUT2D eigenvalue weighted by Crippen LogP contribution is -2.32. The van der Waals surface area contributed by atoms with Gasteiger partial charge in [-0.1, -0.05) is 42.5 Å². The summed E-state index contributed by atoms with van der Waals surface area (Å²) in [5.41, 5.74) is 2.34. The van der Waals surface area contributed by atoms with E-state index in [0.717, 1.165) is 17.2 Å². The predicted molar refractivity (Wildman–Crippen MR) is 116 cm³/mol. The summed E-state index contributed by atoms with van der Waals surface area (Å²) in [6.45, 7) is -1.88. The van der Waals surface area contributed by atoms with Crippen LogP contribution in [0.15, 0.2) is 72.8 Å². The minimum absolute atomic E-state index is 0.167. The molecule has 2 N–H and O–H groups in total. The first-order chi connectivity index (χ1) is 15.7. The van der Waals surface area contributed by atoms with Gasteiger partial charge < -0.3 is 15.4 Å². The summed E-state index contributed by atoms with van der Waals surface area (Å²) in [6.07, 6.45) is -4.54. The van der Waals surface area contributed by atoms with E-state index in [-0.39, 0.29) is 23.5 Å². The smallest absolute Gasteiger partial charge is 0.422 e. The van der Waals surface area contributed by atoms with Crippen LogP contribution in [0.1, 0.15) is 15.9 Å². The van der Waals surface area contributed by atoms with Crippen molar-refractivity contribution in [2.45, 2.75) is 6.18 Å². The minimum atomic E-state index is -4.54. The zero-order chi connectivity index (χ0) is 23.8. The Hall–Kier alpha value is -4.32. The molecule has 0 saturated heterocycles. The summed E-state index contributed by atoms with van der Waals surface area (Å²) >= 11 is 0. The summed E-state index contributed by atoms with van der Waals surface area (Å²) in [6, 6.07) is 21.9.